The second-order valence-corrected chi connectivity index (χ2v) is 9.75. The van der Waals surface area contributed by atoms with Crippen LogP contribution in [0.1, 0.15) is 51.2 Å². The van der Waals surface area contributed by atoms with Gasteiger partial charge in [-0.25, -0.2) is 0 Å². The van der Waals surface area contributed by atoms with E-state index in [1.807, 2.05) is 18.2 Å². The molecule has 3 rings (SSSR count). The predicted molar refractivity (Wildman–Crippen MR) is 122 cm³/mol. The number of benzene rings is 2. The van der Waals surface area contributed by atoms with E-state index in [1.165, 1.54) is 24.8 Å². The summed E-state index contributed by atoms with van der Waals surface area (Å²) >= 11 is 0. The van der Waals surface area contributed by atoms with Crippen LogP contribution in [0.5, 0.6) is 11.5 Å². The van der Waals surface area contributed by atoms with Crippen molar-refractivity contribution in [2.75, 3.05) is 33.4 Å². The lowest BCUT2D eigenvalue weighted by molar-refractivity contribution is -0.947. The monoisotopic (exact) mass is 447 g/mol. The van der Waals surface area contributed by atoms with Crippen molar-refractivity contribution in [3.05, 3.63) is 59.7 Å². The highest BCUT2D eigenvalue weighted by Crippen LogP contribution is 2.34. The maximum absolute atomic E-state index is 10.9. The fraction of sp³-hybridized carbons (Fsp3) is 0.538. The van der Waals surface area contributed by atoms with Gasteiger partial charge in [0, 0.05) is 11.1 Å². The van der Waals surface area contributed by atoms with Gasteiger partial charge in [0.25, 0.3) is 0 Å². The SMILES string of the molecule is COc1ccc(OCC(O)C[N+]2(Cc3ccccc3)CCCCC2)c(C(C)(C)C)c1.[Cl-]. The van der Waals surface area contributed by atoms with E-state index in [2.05, 4.69) is 51.1 Å². The molecule has 172 valence electrons. The molecule has 1 unspecified atom stereocenters. The van der Waals surface area contributed by atoms with Gasteiger partial charge in [-0.1, -0.05) is 51.1 Å². The quantitative estimate of drug-likeness (QED) is 0.628. The van der Waals surface area contributed by atoms with Crippen LogP contribution in [-0.2, 0) is 12.0 Å². The van der Waals surface area contributed by atoms with Gasteiger partial charge < -0.3 is 31.5 Å². The first-order valence-corrected chi connectivity index (χ1v) is 11.2. The molecule has 1 heterocycles. The first-order chi connectivity index (χ1) is 14.3. The second-order valence-electron chi connectivity index (χ2n) is 9.75. The number of aliphatic hydroxyl groups excluding tert-OH is 1. The average molecular weight is 448 g/mol. The number of ether oxygens (including phenoxy) is 2. The normalized spacial score (nSPS) is 16.8. The second kappa shape index (κ2) is 11.2. The molecule has 0 radical (unpaired) electrons. The molecule has 2 aromatic rings. The van der Waals surface area contributed by atoms with E-state index in [0.717, 1.165) is 47.7 Å². The van der Waals surface area contributed by atoms with Gasteiger partial charge in [0.05, 0.1) is 20.2 Å². The summed E-state index contributed by atoms with van der Waals surface area (Å²) in [5.41, 5.74) is 2.38. The lowest BCUT2D eigenvalue weighted by Gasteiger charge is -2.43. The molecule has 31 heavy (non-hydrogen) atoms. The number of nitrogens with zero attached hydrogens (tertiary/aromatic N) is 1. The summed E-state index contributed by atoms with van der Waals surface area (Å²) in [5.74, 6) is 1.66. The van der Waals surface area contributed by atoms with Gasteiger partial charge in [-0.05, 0) is 42.9 Å². The number of halogens is 1. The number of hydrogen-bond acceptors (Lipinski definition) is 3. The van der Waals surface area contributed by atoms with Crippen LogP contribution in [0.4, 0.5) is 0 Å². The van der Waals surface area contributed by atoms with Crippen molar-refractivity contribution in [2.24, 2.45) is 0 Å². The fourth-order valence-electron chi connectivity index (χ4n) is 4.59. The van der Waals surface area contributed by atoms with Crippen molar-refractivity contribution in [3.63, 3.8) is 0 Å². The molecule has 0 aromatic heterocycles. The molecule has 0 bridgehead atoms. The molecule has 4 nitrogen and oxygen atoms in total. The summed E-state index contributed by atoms with van der Waals surface area (Å²) in [6, 6.07) is 16.6. The van der Waals surface area contributed by atoms with Crippen molar-refractivity contribution in [1.82, 2.24) is 0 Å². The minimum atomic E-state index is -0.498. The molecule has 1 fully saturated rings. The Kier molecular flexibility index (Phi) is 9.23. The van der Waals surface area contributed by atoms with Crippen LogP contribution in [0.2, 0.25) is 0 Å². The standard InChI is InChI=1S/C26H38NO3.ClH/c1-26(2,3)24-17-23(29-4)13-14-25(24)30-20-22(28)19-27(15-9-6-10-16-27)18-21-11-7-5-8-12-21;/h5,7-8,11-14,17,22,28H,6,9-10,15-16,18-20H2,1-4H3;1H/q+1;/p-1. The number of hydrogen-bond donors (Lipinski definition) is 1. The van der Waals surface area contributed by atoms with Crippen molar-refractivity contribution >= 4 is 0 Å². The first kappa shape index (κ1) is 25.5. The molecule has 2 aromatic carbocycles. The largest absolute Gasteiger partial charge is 1.00 e. The number of rotatable bonds is 8. The zero-order valence-electron chi connectivity index (χ0n) is 19.4. The van der Waals surface area contributed by atoms with Gasteiger partial charge in [-0.15, -0.1) is 0 Å². The van der Waals surface area contributed by atoms with E-state index in [9.17, 15) is 5.11 Å². The molecule has 1 atom stereocenters. The summed E-state index contributed by atoms with van der Waals surface area (Å²) in [7, 11) is 1.68. The minimum absolute atomic E-state index is 0. The third kappa shape index (κ3) is 7.13. The number of aliphatic hydroxyl groups is 1. The Morgan fingerprint density at radius 3 is 2.29 bits per heavy atom. The highest BCUT2D eigenvalue weighted by Gasteiger charge is 2.33. The van der Waals surface area contributed by atoms with E-state index in [-0.39, 0.29) is 17.8 Å². The molecule has 1 aliphatic heterocycles. The molecular formula is C26H38ClNO3. The Morgan fingerprint density at radius 1 is 1.00 bits per heavy atom. The topological polar surface area (TPSA) is 38.7 Å². The van der Waals surface area contributed by atoms with Gasteiger partial charge in [-0.2, -0.15) is 0 Å². The average Bonchev–Trinajstić information content (AvgIpc) is 2.72. The van der Waals surface area contributed by atoms with Crippen LogP contribution in [0, 0.1) is 0 Å². The van der Waals surface area contributed by atoms with Gasteiger partial charge in [0.2, 0.25) is 0 Å². The lowest BCUT2D eigenvalue weighted by Crippen LogP contribution is -3.00. The van der Waals surface area contributed by atoms with Crippen molar-refractivity contribution in [1.29, 1.82) is 0 Å². The zero-order valence-corrected chi connectivity index (χ0v) is 20.2. The number of quaternary nitrogens is 1. The highest BCUT2D eigenvalue weighted by molar-refractivity contribution is 5.44. The van der Waals surface area contributed by atoms with Crippen LogP contribution >= 0.6 is 0 Å². The third-order valence-electron chi connectivity index (χ3n) is 6.15. The molecule has 5 heteroatoms. The molecule has 0 saturated carbocycles. The molecule has 1 saturated heterocycles. The summed E-state index contributed by atoms with van der Waals surface area (Å²) in [6.07, 6.45) is 3.25. The van der Waals surface area contributed by atoms with E-state index < -0.39 is 6.10 Å². The van der Waals surface area contributed by atoms with Crippen molar-refractivity contribution in [3.8, 4) is 11.5 Å². The van der Waals surface area contributed by atoms with Crippen LogP contribution in [-0.4, -0.2) is 49.0 Å². The summed E-state index contributed by atoms with van der Waals surface area (Å²) < 4.78 is 12.5. The Morgan fingerprint density at radius 2 is 1.68 bits per heavy atom. The zero-order chi connectivity index (χ0) is 21.6. The van der Waals surface area contributed by atoms with Crippen molar-refractivity contribution in [2.45, 2.75) is 58.1 Å². The van der Waals surface area contributed by atoms with Gasteiger partial charge in [0.1, 0.15) is 37.3 Å². The summed E-state index contributed by atoms with van der Waals surface area (Å²) in [6.45, 7) is 10.8. The number of piperidine rings is 1. The van der Waals surface area contributed by atoms with Crippen LogP contribution in [0.3, 0.4) is 0 Å². The third-order valence-corrected chi connectivity index (χ3v) is 6.15. The molecule has 1 aliphatic rings. The first-order valence-electron chi connectivity index (χ1n) is 11.2. The van der Waals surface area contributed by atoms with Crippen LogP contribution < -0.4 is 21.9 Å². The van der Waals surface area contributed by atoms with Crippen LogP contribution in [0.25, 0.3) is 0 Å². The fourth-order valence-corrected chi connectivity index (χ4v) is 4.59. The highest BCUT2D eigenvalue weighted by atomic mass is 35.5. The Labute approximate surface area is 194 Å². The molecular weight excluding hydrogens is 410 g/mol. The van der Waals surface area contributed by atoms with E-state index in [0.29, 0.717) is 6.61 Å². The smallest absolute Gasteiger partial charge is 0.137 e. The number of likely N-dealkylation sites (tertiary alicyclic amines) is 1. The van der Waals surface area contributed by atoms with E-state index in [4.69, 9.17) is 9.47 Å². The molecule has 0 aliphatic carbocycles. The van der Waals surface area contributed by atoms with Gasteiger partial charge >= 0.3 is 0 Å². The molecule has 0 amide bonds. The molecule has 1 N–H and O–H groups in total. The predicted octanol–water partition coefficient (Wildman–Crippen LogP) is 1.94. The van der Waals surface area contributed by atoms with Crippen molar-refractivity contribution < 1.29 is 31.5 Å². The van der Waals surface area contributed by atoms with Gasteiger partial charge in [0.15, 0.2) is 0 Å². The van der Waals surface area contributed by atoms with E-state index in [1.54, 1.807) is 7.11 Å². The van der Waals surface area contributed by atoms with Gasteiger partial charge in [-0.3, -0.25) is 0 Å². The molecule has 0 spiro atoms. The maximum Gasteiger partial charge on any atom is 0.137 e. The number of methoxy groups -OCH3 is 1. The minimum Gasteiger partial charge on any atom is -1.00 e. The Hall–Kier alpha value is -1.75. The lowest BCUT2D eigenvalue weighted by atomic mass is 9.86. The Bertz CT molecular complexity index is 798. The summed E-state index contributed by atoms with van der Waals surface area (Å²) in [5, 5.41) is 10.9. The maximum atomic E-state index is 10.9. The summed E-state index contributed by atoms with van der Waals surface area (Å²) in [4.78, 5) is 0. The van der Waals surface area contributed by atoms with Crippen LogP contribution in [0.15, 0.2) is 48.5 Å². The Balaban J connectivity index is 0.00000341. The van der Waals surface area contributed by atoms with E-state index >= 15 is 0 Å².